The van der Waals surface area contributed by atoms with E-state index in [1.165, 1.54) is 0 Å². The molecule has 0 aliphatic carbocycles. The zero-order valence-corrected chi connectivity index (χ0v) is 15.1. The van der Waals surface area contributed by atoms with E-state index in [9.17, 15) is 0 Å². The average molecular weight is 379 g/mol. The molecule has 0 spiro atoms. The minimum absolute atomic E-state index is 0.683. The van der Waals surface area contributed by atoms with Gasteiger partial charge in [-0.3, -0.25) is 0 Å². The van der Waals surface area contributed by atoms with Crippen molar-refractivity contribution in [1.82, 2.24) is 0 Å². The monoisotopic (exact) mass is 378 g/mol. The van der Waals surface area contributed by atoms with Gasteiger partial charge in [0.1, 0.15) is 0 Å². The normalized spacial score (nSPS) is 10.7. The van der Waals surface area contributed by atoms with E-state index >= 15 is 0 Å². The molecule has 5 heteroatoms. The fourth-order valence-corrected chi connectivity index (χ4v) is 2.59. The molecule has 0 saturated heterocycles. The van der Waals surface area contributed by atoms with Gasteiger partial charge >= 0.3 is 0 Å². The van der Waals surface area contributed by atoms with Crippen LogP contribution in [0.3, 0.4) is 0 Å². The zero-order chi connectivity index (χ0) is 16.8. The van der Waals surface area contributed by atoms with Crippen molar-refractivity contribution in [2.75, 3.05) is 28.4 Å². The Balaban J connectivity index is 2.33. The summed E-state index contributed by atoms with van der Waals surface area (Å²) >= 11 is 3.54. The Hall–Kier alpha value is -2.14. The van der Waals surface area contributed by atoms with E-state index in [0.717, 1.165) is 15.6 Å². The SMILES string of the molecule is COc1ccc(C=Cc2cc(OC)c(OC)cc2Br)cc1OC. The summed E-state index contributed by atoms with van der Waals surface area (Å²) in [7, 11) is 6.47. The molecule has 122 valence electrons. The van der Waals surface area contributed by atoms with Crippen molar-refractivity contribution < 1.29 is 18.9 Å². The third kappa shape index (κ3) is 3.99. The highest BCUT2D eigenvalue weighted by Gasteiger charge is 2.08. The first kappa shape index (κ1) is 17.2. The van der Waals surface area contributed by atoms with Crippen molar-refractivity contribution in [2.24, 2.45) is 0 Å². The summed E-state index contributed by atoms with van der Waals surface area (Å²) in [4.78, 5) is 0. The van der Waals surface area contributed by atoms with Gasteiger partial charge in [0.25, 0.3) is 0 Å². The number of halogens is 1. The van der Waals surface area contributed by atoms with Crippen molar-refractivity contribution in [1.29, 1.82) is 0 Å². The van der Waals surface area contributed by atoms with E-state index in [2.05, 4.69) is 15.9 Å². The molecule has 0 saturated carbocycles. The van der Waals surface area contributed by atoms with Gasteiger partial charge in [-0.2, -0.15) is 0 Å². The molecule has 0 amide bonds. The van der Waals surface area contributed by atoms with Crippen LogP contribution in [-0.2, 0) is 0 Å². The zero-order valence-electron chi connectivity index (χ0n) is 13.6. The number of hydrogen-bond acceptors (Lipinski definition) is 4. The molecule has 0 atom stereocenters. The molecule has 4 nitrogen and oxygen atoms in total. The van der Waals surface area contributed by atoms with Gasteiger partial charge in [0.2, 0.25) is 0 Å². The van der Waals surface area contributed by atoms with Gasteiger partial charge in [-0.1, -0.05) is 34.1 Å². The number of rotatable bonds is 6. The predicted molar refractivity (Wildman–Crippen MR) is 95.7 cm³/mol. The van der Waals surface area contributed by atoms with Gasteiger partial charge in [0.15, 0.2) is 23.0 Å². The van der Waals surface area contributed by atoms with Crippen molar-refractivity contribution in [3.05, 3.63) is 45.9 Å². The van der Waals surface area contributed by atoms with Gasteiger partial charge in [0.05, 0.1) is 28.4 Å². The molecule has 0 aliphatic heterocycles. The number of hydrogen-bond donors (Lipinski definition) is 0. The minimum Gasteiger partial charge on any atom is -0.493 e. The topological polar surface area (TPSA) is 36.9 Å². The van der Waals surface area contributed by atoms with Gasteiger partial charge in [-0.05, 0) is 35.4 Å². The smallest absolute Gasteiger partial charge is 0.161 e. The molecule has 2 aromatic carbocycles. The highest BCUT2D eigenvalue weighted by molar-refractivity contribution is 9.10. The number of benzene rings is 2. The van der Waals surface area contributed by atoms with Crippen LogP contribution in [0.4, 0.5) is 0 Å². The van der Waals surface area contributed by atoms with Crippen LogP contribution >= 0.6 is 15.9 Å². The van der Waals surface area contributed by atoms with Gasteiger partial charge in [-0.15, -0.1) is 0 Å². The summed E-state index contributed by atoms with van der Waals surface area (Å²) in [6, 6.07) is 9.56. The summed E-state index contributed by atoms with van der Waals surface area (Å²) in [5.74, 6) is 2.77. The fourth-order valence-electron chi connectivity index (χ4n) is 2.14. The molecule has 0 aromatic heterocycles. The average Bonchev–Trinajstić information content (AvgIpc) is 2.59. The van der Waals surface area contributed by atoms with Gasteiger partial charge in [0, 0.05) is 4.47 Å². The van der Waals surface area contributed by atoms with Gasteiger partial charge < -0.3 is 18.9 Å². The van der Waals surface area contributed by atoms with Crippen molar-refractivity contribution >= 4 is 28.1 Å². The fraction of sp³-hybridized carbons (Fsp3) is 0.222. The molecule has 0 radical (unpaired) electrons. The van der Waals surface area contributed by atoms with Crippen LogP contribution in [0, 0.1) is 0 Å². The van der Waals surface area contributed by atoms with Gasteiger partial charge in [-0.25, -0.2) is 0 Å². The predicted octanol–water partition coefficient (Wildman–Crippen LogP) is 4.65. The largest absolute Gasteiger partial charge is 0.493 e. The second-order valence-electron chi connectivity index (χ2n) is 4.68. The molecular weight excluding hydrogens is 360 g/mol. The summed E-state index contributed by atoms with van der Waals surface area (Å²) in [5.41, 5.74) is 1.99. The van der Waals surface area contributed by atoms with E-state index in [-0.39, 0.29) is 0 Å². The van der Waals surface area contributed by atoms with E-state index in [4.69, 9.17) is 18.9 Å². The highest BCUT2D eigenvalue weighted by Crippen LogP contribution is 2.34. The maximum atomic E-state index is 5.33. The standard InChI is InChI=1S/C18H19BrO4/c1-20-15-8-6-12(9-16(15)21-2)5-7-13-10-17(22-3)18(23-4)11-14(13)19/h5-11H,1-4H3. The third-order valence-electron chi connectivity index (χ3n) is 3.37. The summed E-state index contributed by atoms with van der Waals surface area (Å²) < 4.78 is 22.1. The van der Waals surface area contributed by atoms with Crippen molar-refractivity contribution in [3.8, 4) is 23.0 Å². The summed E-state index contributed by atoms with van der Waals surface area (Å²) in [5, 5.41) is 0. The number of methoxy groups -OCH3 is 4. The summed E-state index contributed by atoms with van der Waals surface area (Å²) in [6.07, 6.45) is 3.99. The van der Waals surface area contributed by atoms with Crippen molar-refractivity contribution in [3.63, 3.8) is 0 Å². The lowest BCUT2D eigenvalue weighted by Gasteiger charge is -2.10. The summed E-state index contributed by atoms with van der Waals surface area (Å²) in [6.45, 7) is 0. The Morgan fingerprint density at radius 1 is 0.696 bits per heavy atom. The van der Waals surface area contributed by atoms with E-state index < -0.39 is 0 Å². The van der Waals surface area contributed by atoms with Crippen LogP contribution in [0.15, 0.2) is 34.8 Å². The van der Waals surface area contributed by atoms with Crippen LogP contribution in [0.5, 0.6) is 23.0 Å². The van der Waals surface area contributed by atoms with Crippen molar-refractivity contribution in [2.45, 2.75) is 0 Å². The Morgan fingerprint density at radius 2 is 1.26 bits per heavy atom. The lowest BCUT2D eigenvalue weighted by Crippen LogP contribution is -1.92. The molecule has 2 aromatic rings. The van der Waals surface area contributed by atoms with Crippen LogP contribution in [0.25, 0.3) is 12.2 Å². The first-order chi connectivity index (χ1) is 11.1. The van der Waals surface area contributed by atoms with Crippen LogP contribution in [0.2, 0.25) is 0 Å². The minimum atomic E-state index is 0.683. The lowest BCUT2D eigenvalue weighted by atomic mass is 10.1. The second kappa shape index (κ2) is 7.92. The molecular formula is C18H19BrO4. The molecule has 0 fully saturated rings. The quantitative estimate of drug-likeness (QED) is 0.685. The van der Waals surface area contributed by atoms with Crippen LogP contribution in [0.1, 0.15) is 11.1 Å². The second-order valence-corrected chi connectivity index (χ2v) is 5.53. The molecule has 0 heterocycles. The van der Waals surface area contributed by atoms with E-state index in [0.29, 0.717) is 23.0 Å². The van der Waals surface area contributed by atoms with E-state index in [1.807, 2.05) is 42.5 Å². The maximum absolute atomic E-state index is 5.33. The molecule has 2 rings (SSSR count). The van der Waals surface area contributed by atoms with E-state index in [1.54, 1.807) is 28.4 Å². The molecule has 0 bridgehead atoms. The highest BCUT2D eigenvalue weighted by atomic mass is 79.9. The third-order valence-corrected chi connectivity index (χ3v) is 4.05. The Bertz CT molecular complexity index is 710. The Morgan fingerprint density at radius 3 is 1.87 bits per heavy atom. The first-order valence-corrected chi connectivity index (χ1v) is 7.73. The Labute approximate surface area is 144 Å². The Kier molecular flexibility index (Phi) is 5.93. The maximum Gasteiger partial charge on any atom is 0.161 e. The lowest BCUT2D eigenvalue weighted by molar-refractivity contribution is 0.354. The first-order valence-electron chi connectivity index (χ1n) is 6.94. The van der Waals surface area contributed by atoms with Crippen LogP contribution < -0.4 is 18.9 Å². The number of ether oxygens (including phenoxy) is 4. The van der Waals surface area contributed by atoms with Crippen LogP contribution in [-0.4, -0.2) is 28.4 Å². The molecule has 0 aliphatic rings. The molecule has 0 N–H and O–H groups in total. The molecule has 23 heavy (non-hydrogen) atoms. The molecule has 0 unspecified atom stereocenters.